The maximum atomic E-state index is 9.35. The van der Waals surface area contributed by atoms with Gasteiger partial charge < -0.3 is 10.2 Å². The van der Waals surface area contributed by atoms with Crippen LogP contribution in [0.1, 0.15) is 0 Å². The van der Waals surface area contributed by atoms with Crippen molar-refractivity contribution in [3.63, 3.8) is 0 Å². The molecule has 0 saturated carbocycles. The number of fused-ring (bicyclic) bond motifs is 1. The first-order chi connectivity index (χ1) is 5.79. The molecule has 1 aromatic carbocycles. The SMILES string of the molecule is Cl.Oc1ccc2cccnc2c1O. The minimum atomic E-state index is -0.159. The Bertz CT molecular complexity index is 431. The van der Waals surface area contributed by atoms with Gasteiger partial charge >= 0.3 is 0 Å². The Morgan fingerprint density at radius 3 is 2.62 bits per heavy atom. The highest BCUT2D eigenvalue weighted by atomic mass is 35.5. The van der Waals surface area contributed by atoms with Gasteiger partial charge in [0.05, 0.1) is 0 Å². The Kier molecular flexibility index (Phi) is 2.58. The first-order valence-corrected chi connectivity index (χ1v) is 3.55. The molecule has 2 aromatic rings. The van der Waals surface area contributed by atoms with Gasteiger partial charge in [-0.05, 0) is 18.2 Å². The molecule has 13 heavy (non-hydrogen) atoms. The molecule has 0 spiro atoms. The Morgan fingerprint density at radius 2 is 1.85 bits per heavy atom. The number of phenolic OH excluding ortho intramolecular Hbond substituents is 2. The molecule has 0 amide bonds. The van der Waals surface area contributed by atoms with Gasteiger partial charge in [0.25, 0.3) is 0 Å². The lowest BCUT2D eigenvalue weighted by Crippen LogP contribution is -1.78. The molecular formula is C9H8ClNO2. The van der Waals surface area contributed by atoms with Crippen LogP contribution in [0.3, 0.4) is 0 Å². The van der Waals surface area contributed by atoms with Gasteiger partial charge in [0.2, 0.25) is 0 Å². The second-order valence-electron chi connectivity index (χ2n) is 2.51. The topological polar surface area (TPSA) is 53.4 Å². The van der Waals surface area contributed by atoms with Crippen LogP contribution in [0.5, 0.6) is 11.5 Å². The quantitative estimate of drug-likeness (QED) is 0.636. The van der Waals surface area contributed by atoms with Gasteiger partial charge in [-0.25, -0.2) is 0 Å². The molecule has 2 N–H and O–H groups in total. The average molecular weight is 198 g/mol. The highest BCUT2D eigenvalue weighted by molar-refractivity contribution is 5.86. The van der Waals surface area contributed by atoms with Crippen molar-refractivity contribution < 1.29 is 10.2 Å². The van der Waals surface area contributed by atoms with Gasteiger partial charge in [0, 0.05) is 11.6 Å². The fourth-order valence-corrected chi connectivity index (χ4v) is 1.12. The van der Waals surface area contributed by atoms with Gasteiger partial charge in [0.1, 0.15) is 5.52 Å². The number of halogens is 1. The third-order valence-electron chi connectivity index (χ3n) is 1.73. The second-order valence-corrected chi connectivity index (χ2v) is 2.51. The highest BCUT2D eigenvalue weighted by Gasteiger charge is 2.04. The summed E-state index contributed by atoms with van der Waals surface area (Å²) in [6, 6.07) is 6.75. The number of pyridine rings is 1. The molecule has 1 heterocycles. The summed E-state index contributed by atoms with van der Waals surface area (Å²) < 4.78 is 0. The summed E-state index contributed by atoms with van der Waals surface area (Å²) in [7, 11) is 0. The molecule has 4 heteroatoms. The molecule has 1 aromatic heterocycles. The zero-order valence-corrected chi connectivity index (χ0v) is 7.45. The Balaban J connectivity index is 0.000000845. The third kappa shape index (κ3) is 1.51. The van der Waals surface area contributed by atoms with Crippen LogP contribution in [-0.2, 0) is 0 Å². The van der Waals surface area contributed by atoms with Crippen molar-refractivity contribution in [2.24, 2.45) is 0 Å². The Labute approximate surface area is 81.1 Å². The van der Waals surface area contributed by atoms with Crippen molar-refractivity contribution in [1.82, 2.24) is 4.98 Å². The van der Waals surface area contributed by atoms with Crippen molar-refractivity contribution in [3.05, 3.63) is 30.5 Å². The Morgan fingerprint density at radius 1 is 1.08 bits per heavy atom. The summed E-state index contributed by atoms with van der Waals surface area (Å²) in [5.41, 5.74) is 0.428. The van der Waals surface area contributed by atoms with Crippen LogP contribution in [-0.4, -0.2) is 15.2 Å². The predicted molar refractivity (Wildman–Crippen MR) is 52.3 cm³/mol. The maximum Gasteiger partial charge on any atom is 0.184 e. The van der Waals surface area contributed by atoms with E-state index in [9.17, 15) is 5.11 Å². The van der Waals surface area contributed by atoms with Crippen LogP contribution in [0, 0.1) is 0 Å². The first kappa shape index (κ1) is 9.61. The van der Waals surface area contributed by atoms with E-state index in [1.165, 1.54) is 6.07 Å². The van der Waals surface area contributed by atoms with Crippen LogP contribution in [0.2, 0.25) is 0 Å². The van der Waals surface area contributed by atoms with E-state index >= 15 is 0 Å². The summed E-state index contributed by atoms with van der Waals surface area (Å²) in [5, 5.41) is 19.3. The van der Waals surface area contributed by atoms with Gasteiger partial charge in [-0.3, -0.25) is 4.98 Å². The van der Waals surface area contributed by atoms with E-state index in [-0.39, 0.29) is 23.9 Å². The lowest BCUT2D eigenvalue weighted by molar-refractivity contribution is 0.407. The lowest BCUT2D eigenvalue weighted by Gasteiger charge is -2.00. The zero-order valence-electron chi connectivity index (χ0n) is 6.64. The molecule has 0 aliphatic rings. The van der Waals surface area contributed by atoms with E-state index in [4.69, 9.17) is 5.11 Å². The van der Waals surface area contributed by atoms with Crippen LogP contribution >= 0.6 is 12.4 Å². The summed E-state index contributed by atoms with van der Waals surface area (Å²) >= 11 is 0. The van der Waals surface area contributed by atoms with E-state index < -0.39 is 0 Å². The van der Waals surface area contributed by atoms with Crippen LogP contribution in [0.15, 0.2) is 30.5 Å². The number of hydrogen-bond acceptors (Lipinski definition) is 3. The van der Waals surface area contributed by atoms with Crippen LogP contribution in [0.25, 0.3) is 10.9 Å². The first-order valence-electron chi connectivity index (χ1n) is 3.55. The molecule has 0 saturated heterocycles. The zero-order chi connectivity index (χ0) is 8.55. The van der Waals surface area contributed by atoms with Crippen LogP contribution in [0.4, 0.5) is 0 Å². The van der Waals surface area contributed by atoms with Crippen molar-refractivity contribution in [3.8, 4) is 11.5 Å². The van der Waals surface area contributed by atoms with E-state index in [1.807, 2.05) is 6.07 Å². The number of aromatic hydroxyl groups is 2. The molecule has 0 unspecified atom stereocenters. The molecular weight excluding hydrogens is 190 g/mol. The number of benzene rings is 1. The van der Waals surface area contributed by atoms with E-state index in [0.717, 1.165) is 5.39 Å². The molecule has 3 nitrogen and oxygen atoms in total. The molecule has 0 fully saturated rings. The van der Waals surface area contributed by atoms with E-state index in [0.29, 0.717) is 5.52 Å². The summed E-state index contributed by atoms with van der Waals surface area (Å²) in [6.07, 6.45) is 1.57. The monoisotopic (exact) mass is 197 g/mol. The van der Waals surface area contributed by atoms with Gasteiger partial charge in [-0.2, -0.15) is 0 Å². The predicted octanol–water partition coefficient (Wildman–Crippen LogP) is 2.07. The molecule has 0 atom stereocenters. The fourth-order valence-electron chi connectivity index (χ4n) is 1.12. The maximum absolute atomic E-state index is 9.35. The van der Waals surface area contributed by atoms with Crippen molar-refractivity contribution in [1.29, 1.82) is 0 Å². The van der Waals surface area contributed by atoms with Crippen molar-refractivity contribution in [2.75, 3.05) is 0 Å². The summed E-state index contributed by atoms with van der Waals surface area (Å²) in [6.45, 7) is 0. The summed E-state index contributed by atoms with van der Waals surface area (Å²) in [5.74, 6) is -0.297. The molecule has 0 bridgehead atoms. The van der Waals surface area contributed by atoms with Gasteiger partial charge in [0.15, 0.2) is 11.5 Å². The van der Waals surface area contributed by atoms with Gasteiger partial charge in [-0.15, -0.1) is 12.4 Å². The second kappa shape index (κ2) is 3.49. The molecule has 0 aliphatic carbocycles. The molecule has 0 aliphatic heterocycles. The van der Waals surface area contributed by atoms with Crippen LogP contribution < -0.4 is 0 Å². The number of phenols is 2. The van der Waals surface area contributed by atoms with Gasteiger partial charge in [-0.1, -0.05) is 6.07 Å². The number of hydrogen-bond donors (Lipinski definition) is 2. The van der Waals surface area contributed by atoms with E-state index in [2.05, 4.69) is 4.98 Å². The average Bonchev–Trinajstić information content (AvgIpc) is 2.12. The summed E-state index contributed by atoms with van der Waals surface area (Å²) in [4.78, 5) is 3.93. The number of aromatic nitrogens is 1. The highest BCUT2D eigenvalue weighted by Crippen LogP contribution is 2.31. The standard InChI is InChI=1S/C9H7NO2.ClH/c11-7-4-3-6-2-1-5-10-8(6)9(7)12;/h1-5,11-12H;1H. The normalized spacial score (nSPS) is 9.54. The van der Waals surface area contributed by atoms with Crippen molar-refractivity contribution in [2.45, 2.75) is 0 Å². The van der Waals surface area contributed by atoms with E-state index in [1.54, 1.807) is 18.3 Å². The molecule has 68 valence electrons. The molecule has 0 radical (unpaired) electrons. The number of nitrogens with zero attached hydrogens (tertiary/aromatic N) is 1. The third-order valence-corrected chi connectivity index (χ3v) is 1.73. The Hall–Kier alpha value is -1.48. The molecule has 2 rings (SSSR count). The smallest absolute Gasteiger partial charge is 0.184 e. The lowest BCUT2D eigenvalue weighted by atomic mass is 10.2. The largest absolute Gasteiger partial charge is 0.504 e. The van der Waals surface area contributed by atoms with Crippen molar-refractivity contribution >= 4 is 23.3 Å². The minimum absolute atomic E-state index is 0. The minimum Gasteiger partial charge on any atom is -0.504 e. The number of rotatable bonds is 0. The fraction of sp³-hybridized carbons (Fsp3) is 0.